The lowest BCUT2D eigenvalue weighted by Gasteiger charge is -2.35. The van der Waals surface area contributed by atoms with E-state index in [0.29, 0.717) is 5.69 Å². The first-order chi connectivity index (χ1) is 14.1. The maximum absolute atomic E-state index is 12.8. The molecule has 2 aromatic rings. The first-order valence-electron chi connectivity index (χ1n) is 10.5. The number of aromatic amines is 1. The van der Waals surface area contributed by atoms with Crippen molar-refractivity contribution >= 4 is 11.4 Å². The van der Waals surface area contributed by atoms with E-state index in [1.54, 1.807) is 0 Å². The molecule has 1 aromatic carbocycles. The predicted octanol–water partition coefficient (Wildman–Crippen LogP) is 4.73. The number of nitrogens with zero attached hydrogens (tertiary/aromatic N) is 2. The van der Waals surface area contributed by atoms with Crippen LogP contribution < -0.4 is 0 Å². The van der Waals surface area contributed by atoms with Crippen LogP contribution in [0, 0.1) is 11.3 Å². The van der Waals surface area contributed by atoms with Crippen molar-refractivity contribution in [3.8, 4) is 6.07 Å². The van der Waals surface area contributed by atoms with E-state index in [0.717, 1.165) is 44.5 Å². The number of allylic oxidation sites excluding steroid dienone is 2. The molecule has 0 unspecified atom stereocenters. The Balaban J connectivity index is 1.68. The third kappa shape index (κ3) is 4.18. The van der Waals surface area contributed by atoms with Crippen LogP contribution >= 0.6 is 0 Å². The van der Waals surface area contributed by atoms with Crippen LogP contribution in [0.4, 0.5) is 0 Å². The van der Waals surface area contributed by atoms with E-state index < -0.39 is 0 Å². The molecule has 4 rings (SSSR count). The fourth-order valence-corrected chi connectivity index (χ4v) is 4.37. The Kier molecular flexibility index (Phi) is 5.64. The number of H-pyrrole nitrogens is 1. The number of Topliss-reactive ketones (excluding diaryl/α,β-unsaturated/α-hetero) is 1. The SMILES string of the molecule is CC1(c2ccc(CC(=O)c3ncc(C#N)[nH]3)c(C3=CCCCC3)c2)CCOCC1. The van der Waals surface area contributed by atoms with E-state index in [4.69, 9.17) is 10.00 Å². The van der Waals surface area contributed by atoms with Crippen LogP contribution in [0.3, 0.4) is 0 Å². The van der Waals surface area contributed by atoms with Gasteiger partial charge in [-0.1, -0.05) is 31.2 Å². The molecule has 0 amide bonds. The number of hydrogen-bond donors (Lipinski definition) is 1. The Bertz CT molecular complexity index is 974. The van der Waals surface area contributed by atoms with Gasteiger partial charge in [0.1, 0.15) is 11.8 Å². The van der Waals surface area contributed by atoms with E-state index in [1.165, 1.54) is 35.7 Å². The number of nitriles is 1. The zero-order chi connectivity index (χ0) is 20.3. The van der Waals surface area contributed by atoms with Gasteiger partial charge in [-0.3, -0.25) is 4.79 Å². The average molecular weight is 389 g/mol. The lowest BCUT2D eigenvalue weighted by Crippen LogP contribution is -2.30. The van der Waals surface area contributed by atoms with Crippen LogP contribution in [-0.2, 0) is 16.6 Å². The molecule has 2 heterocycles. The topological polar surface area (TPSA) is 78.8 Å². The molecule has 1 fully saturated rings. The number of ketones is 1. The second kappa shape index (κ2) is 8.34. The second-order valence-electron chi connectivity index (χ2n) is 8.38. The largest absolute Gasteiger partial charge is 0.381 e. The number of imidazole rings is 1. The maximum Gasteiger partial charge on any atom is 0.202 e. The number of aromatic nitrogens is 2. The van der Waals surface area contributed by atoms with Crippen LogP contribution in [-0.4, -0.2) is 29.0 Å². The summed E-state index contributed by atoms with van der Waals surface area (Å²) < 4.78 is 5.58. The lowest BCUT2D eigenvalue weighted by atomic mass is 9.74. The molecule has 29 heavy (non-hydrogen) atoms. The molecule has 0 radical (unpaired) electrons. The van der Waals surface area contributed by atoms with Gasteiger partial charge in [-0.05, 0) is 66.2 Å². The minimum absolute atomic E-state index is 0.0887. The van der Waals surface area contributed by atoms with Gasteiger partial charge in [0.2, 0.25) is 5.78 Å². The summed E-state index contributed by atoms with van der Waals surface area (Å²) in [4.78, 5) is 19.7. The smallest absolute Gasteiger partial charge is 0.202 e. The van der Waals surface area contributed by atoms with Crippen LogP contribution in [0.5, 0.6) is 0 Å². The van der Waals surface area contributed by atoms with Gasteiger partial charge in [0.15, 0.2) is 5.82 Å². The quantitative estimate of drug-likeness (QED) is 0.750. The van der Waals surface area contributed by atoms with E-state index in [-0.39, 0.29) is 23.4 Å². The molecule has 1 aliphatic carbocycles. The minimum Gasteiger partial charge on any atom is -0.381 e. The molecule has 150 valence electrons. The van der Waals surface area contributed by atoms with Crippen LogP contribution in [0.15, 0.2) is 30.5 Å². The second-order valence-corrected chi connectivity index (χ2v) is 8.38. The first-order valence-corrected chi connectivity index (χ1v) is 10.5. The van der Waals surface area contributed by atoms with E-state index >= 15 is 0 Å². The van der Waals surface area contributed by atoms with Gasteiger partial charge < -0.3 is 9.72 Å². The van der Waals surface area contributed by atoms with Crippen molar-refractivity contribution in [3.05, 3.63) is 58.7 Å². The lowest BCUT2D eigenvalue weighted by molar-refractivity contribution is 0.0564. The Labute approximate surface area is 171 Å². The molecule has 1 saturated heterocycles. The van der Waals surface area contributed by atoms with Crippen molar-refractivity contribution < 1.29 is 9.53 Å². The summed E-state index contributed by atoms with van der Waals surface area (Å²) in [5.41, 5.74) is 5.36. The highest BCUT2D eigenvalue weighted by atomic mass is 16.5. The summed E-state index contributed by atoms with van der Waals surface area (Å²) >= 11 is 0. The standard InChI is InChI=1S/C24H27N3O2/c1-24(9-11-29-12-10-24)19-8-7-18(21(14-19)17-5-3-2-4-6-17)13-22(28)23-26-16-20(15-25)27-23/h5,7-8,14,16H,2-4,6,9-13H2,1H3,(H,26,27). The van der Waals surface area contributed by atoms with Crippen LogP contribution in [0.25, 0.3) is 5.57 Å². The average Bonchev–Trinajstić information content (AvgIpc) is 3.25. The van der Waals surface area contributed by atoms with Gasteiger partial charge in [0, 0.05) is 19.6 Å². The summed E-state index contributed by atoms with van der Waals surface area (Å²) in [6.07, 6.45) is 10.7. The maximum atomic E-state index is 12.8. The molecule has 0 spiro atoms. The summed E-state index contributed by atoms with van der Waals surface area (Å²) in [5, 5.41) is 8.97. The van der Waals surface area contributed by atoms with Gasteiger partial charge in [0.25, 0.3) is 0 Å². The number of rotatable bonds is 5. The third-order valence-corrected chi connectivity index (χ3v) is 6.35. The zero-order valence-corrected chi connectivity index (χ0v) is 17.0. The molecule has 0 atom stereocenters. The highest BCUT2D eigenvalue weighted by Crippen LogP contribution is 2.38. The Morgan fingerprint density at radius 1 is 1.31 bits per heavy atom. The van der Waals surface area contributed by atoms with E-state index in [1.807, 2.05) is 6.07 Å². The van der Waals surface area contributed by atoms with Gasteiger partial charge in [-0.2, -0.15) is 5.26 Å². The molecular formula is C24H27N3O2. The minimum atomic E-state index is -0.0887. The number of carbonyl (C=O) groups is 1. The molecule has 5 nitrogen and oxygen atoms in total. The summed E-state index contributed by atoms with van der Waals surface area (Å²) in [6, 6.07) is 8.60. The van der Waals surface area contributed by atoms with Crippen molar-refractivity contribution in [1.29, 1.82) is 5.26 Å². The molecule has 1 N–H and O–H groups in total. The van der Waals surface area contributed by atoms with Crippen molar-refractivity contribution in [2.45, 2.75) is 57.3 Å². The normalized spacial score (nSPS) is 18.7. The van der Waals surface area contributed by atoms with E-state index in [9.17, 15) is 4.79 Å². The van der Waals surface area contributed by atoms with Gasteiger partial charge in [-0.25, -0.2) is 4.98 Å². The highest BCUT2D eigenvalue weighted by molar-refractivity contribution is 5.95. The monoisotopic (exact) mass is 389 g/mol. The Morgan fingerprint density at radius 2 is 2.14 bits per heavy atom. The number of carbonyl (C=O) groups excluding carboxylic acids is 1. The fourth-order valence-electron chi connectivity index (χ4n) is 4.37. The summed E-state index contributed by atoms with van der Waals surface area (Å²) in [5.74, 6) is 0.166. The van der Waals surface area contributed by atoms with Crippen molar-refractivity contribution in [2.75, 3.05) is 13.2 Å². The molecule has 2 aliphatic rings. The Morgan fingerprint density at radius 3 is 2.83 bits per heavy atom. The van der Waals surface area contributed by atoms with Gasteiger partial charge in [0.05, 0.1) is 6.20 Å². The number of nitrogens with one attached hydrogen (secondary N) is 1. The molecule has 1 aromatic heterocycles. The molecule has 0 bridgehead atoms. The fraction of sp³-hybridized carbons (Fsp3) is 0.458. The van der Waals surface area contributed by atoms with E-state index in [2.05, 4.69) is 41.2 Å². The third-order valence-electron chi connectivity index (χ3n) is 6.35. The van der Waals surface area contributed by atoms with Crippen LogP contribution in [0.1, 0.15) is 78.5 Å². The molecule has 5 heteroatoms. The summed E-state index contributed by atoms with van der Waals surface area (Å²) in [7, 11) is 0. The molecule has 1 aliphatic heterocycles. The summed E-state index contributed by atoms with van der Waals surface area (Å²) in [6.45, 7) is 3.92. The predicted molar refractivity (Wildman–Crippen MR) is 112 cm³/mol. The zero-order valence-electron chi connectivity index (χ0n) is 17.0. The Hall–Kier alpha value is -2.71. The number of benzene rings is 1. The van der Waals surface area contributed by atoms with Crippen molar-refractivity contribution in [1.82, 2.24) is 9.97 Å². The van der Waals surface area contributed by atoms with Crippen LogP contribution in [0.2, 0.25) is 0 Å². The highest BCUT2D eigenvalue weighted by Gasteiger charge is 2.30. The number of hydrogen-bond acceptors (Lipinski definition) is 4. The molecular weight excluding hydrogens is 362 g/mol. The number of ether oxygens (including phenoxy) is 1. The molecule has 0 saturated carbocycles. The van der Waals surface area contributed by atoms with Gasteiger partial charge in [-0.15, -0.1) is 0 Å². The van der Waals surface area contributed by atoms with Gasteiger partial charge >= 0.3 is 0 Å². The van der Waals surface area contributed by atoms with Crippen molar-refractivity contribution in [2.24, 2.45) is 0 Å². The van der Waals surface area contributed by atoms with Crippen molar-refractivity contribution in [3.63, 3.8) is 0 Å². The first kappa shape index (κ1) is 19.6.